The molecule has 0 spiro atoms. The normalized spacial score (nSPS) is 15.5. The standard InChI is InChI=1S/C17H16N2O2S2/c1-9(2)19-16(21)14(23-17(19)22)8-12-7-11-6-10(3)4-5-13(11)18-15(12)20/h4-9,21H,1-3H3/b12-8-. The van der Waals surface area contributed by atoms with Crippen LogP contribution in [0.2, 0.25) is 0 Å². The molecule has 118 valence electrons. The third kappa shape index (κ3) is 2.92. The molecule has 1 aromatic heterocycles. The summed E-state index contributed by atoms with van der Waals surface area (Å²) in [7, 11) is 0. The third-order valence-electron chi connectivity index (χ3n) is 3.61. The van der Waals surface area contributed by atoms with Gasteiger partial charge in [0.25, 0.3) is 5.91 Å². The number of amides is 1. The van der Waals surface area contributed by atoms with Crippen LogP contribution in [-0.2, 0) is 4.79 Å². The second-order valence-corrected chi connectivity index (χ2v) is 7.42. The van der Waals surface area contributed by atoms with Gasteiger partial charge in [0, 0.05) is 16.8 Å². The van der Waals surface area contributed by atoms with Crippen molar-refractivity contribution < 1.29 is 9.90 Å². The average molecular weight is 344 g/mol. The first kappa shape index (κ1) is 15.8. The van der Waals surface area contributed by atoms with Gasteiger partial charge in [0.05, 0.1) is 10.2 Å². The van der Waals surface area contributed by atoms with Crippen molar-refractivity contribution in [2.45, 2.75) is 26.8 Å². The fraction of sp³-hybridized carbons (Fsp3) is 0.235. The first-order valence-corrected chi connectivity index (χ1v) is 8.46. The van der Waals surface area contributed by atoms with Gasteiger partial charge in [-0.05, 0) is 57.3 Å². The van der Waals surface area contributed by atoms with E-state index in [2.05, 4.69) is 4.99 Å². The Balaban J connectivity index is 2.16. The highest BCUT2D eigenvalue weighted by atomic mass is 32.1. The molecule has 3 rings (SSSR count). The molecule has 2 aromatic rings. The molecule has 1 aliphatic rings. The molecular weight excluding hydrogens is 328 g/mol. The van der Waals surface area contributed by atoms with Gasteiger partial charge in [-0.3, -0.25) is 9.36 Å². The van der Waals surface area contributed by atoms with E-state index >= 15 is 0 Å². The van der Waals surface area contributed by atoms with Gasteiger partial charge in [-0.2, -0.15) is 0 Å². The molecule has 1 aliphatic heterocycles. The van der Waals surface area contributed by atoms with Gasteiger partial charge in [0.1, 0.15) is 0 Å². The lowest BCUT2D eigenvalue weighted by molar-refractivity contribution is -0.114. The smallest absolute Gasteiger partial charge is 0.277 e. The predicted octanol–water partition coefficient (Wildman–Crippen LogP) is 2.90. The molecule has 0 aliphatic carbocycles. The van der Waals surface area contributed by atoms with Gasteiger partial charge < -0.3 is 5.11 Å². The summed E-state index contributed by atoms with van der Waals surface area (Å²) in [6.45, 7) is 5.89. The molecule has 0 unspecified atom stereocenters. The molecule has 0 atom stereocenters. The van der Waals surface area contributed by atoms with Gasteiger partial charge in [-0.15, -0.1) is 11.3 Å². The van der Waals surface area contributed by atoms with Gasteiger partial charge in [0.2, 0.25) is 5.88 Å². The van der Waals surface area contributed by atoms with Gasteiger partial charge >= 0.3 is 0 Å². The van der Waals surface area contributed by atoms with E-state index in [0.717, 1.165) is 10.8 Å². The minimum Gasteiger partial charge on any atom is -0.493 e. The number of hydrogen-bond acceptors (Lipinski definition) is 4. The van der Waals surface area contributed by atoms with E-state index in [1.54, 1.807) is 16.7 Å². The number of benzene rings is 1. The molecule has 1 amide bonds. The Hall–Kier alpha value is -2.05. The first-order chi connectivity index (χ1) is 10.9. The lowest BCUT2D eigenvalue weighted by atomic mass is 10.1. The highest BCUT2D eigenvalue weighted by molar-refractivity contribution is 7.73. The molecular formula is C17H16N2O2S2. The fourth-order valence-corrected chi connectivity index (χ4v) is 4.01. The monoisotopic (exact) mass is 344 g/mol. The Kier molecular flexibility index (Phi) is 4.04. The molecule has 2 heterocycles. The van der Waals surface area contributed by atoms with Crippen molar-refractivity contribution in [2.24, 2.45) is 4.99 Å². The van der Waals surface area contributed by atoms with E-state index in [4.69, 9.17) is 12.2 Å². The van der Waals surface area contributed by atoms with Crippen molar-refractivity contribution >= 4 is 41.6 Å². The fourth-order valence-electron chi connectivity index (χ4n) is 2.48. The van der Waals surface area contributed by atoms with Crippen LogP contribution in [0.15, 0.2) is 28.8 Å². The number of hydrogen-bond donors (Lipinski definition) is 1. The Morgan fingerprint density at radius 2 is 2.13 bits per heavy atom. The molecule has 0 fully saturated rings. The number of aromatic nitrogens is 1. The summed E-state index contributed by atoms with van der Waals surface area (Å²) >= 11 is 6.57. The van der Waals surface area contributed by atoms with E-state index in [1.165, 1.54) is 11.3 Å². The summed E-state index contributed by atoms with van der Waals surface area (Å²) in [4.78, 5) is 16.9. The number of thiazole rings is 1. The Labute approximate surface area is 142 Å². The number of fused-ring (bicyclic) bond motifs is 1. The predicted molar refractivity (Wildman–Crippen MR) is 94.6 cm³/mol. The molecule has 23 heavy (non-hydrogen) atoms. The molecule has 6 heteroatoms. The second kappa shape index (κ2) is 5.86. The maximum Gasteiger partial charge on any atom is 0.277 e. The van der Waals surface area contributed by atoms with Gasteiger partial charge in [-0.1, -0.05) is 11.6 Å². The minimum absolute atomic E-state index is 0.0602. The van der Waals surface area contributed by atoms with Gasteiger partial charge in [0.15, 0.2) is 3.95 Å². The van der Waals surface area contributed by atoms with Crippen LogP contribution in [0.5, 0.6) is 5.88 Å². The van der Waals surface area contributed by atoms with E-state index < -0.39 is 0 Å². The Morgan fingerprint density at radius 3 is 2.78 bits per heavy atom. The summed E-state index contributed by atoms with van der Waals surface area (Å²) < 4.78 is 2.26. The van der Waals surface area contributed by atoms with E-state index in [1.807, 2.05) is 39.0 Å². The van der Waals surface area contributed by atoms with Crippen LogP contribution in [0.4, 0.5) is 0 Å². The van der Waals surface area contributed by atoms with Crippen LogP contribution in [0.25, 0.3) is 12.2 Å². The molecule has 0 bridgehead atoms. The van der Waals surface area contributed by atoms with Crippen LogP contribution in [0.3, 0.4) is 0 Å². The summed E-state index contributed by atoms with van der Waals surface area (Å²) in [6.07, 6.45) is 3.46. The second-order valence-electron chi connectivity index (χ2n) is 5.74. The van der Waals surface area contributed by atoms with Crippen molar-refractivity contribution in [1.29, 1.82) is 0 Å². The topological polar surface area (TPSA) is 54.6 Å². The van der Waals surface area contributed by atoms with Gasteiger partial charge in [-0.25, -0.2) is 4.99 Å². The zero-order valence-electron chi connectivity index (χ0n) is 13.0. The average Bonchev–Trinajstić information content (AvgIpc) is 2.74. The Bertz CT molecular complexity index is 1010. The van der Waals surface area contributed by atoms with Crippen molar-refractivity contribution in [3.63, 3.8) is 0 Å². The minimum atomic E-state index is -0.309. The molecule has 0 saturated carbocycles. The van der Waals surface area contributed by atoms with Crippen LogP contribution in [0, 0.1) is 10.9 Å². The summed E-state index contributed by atoms with van der Waals surface area (Å²) in [5.41, 5.74) is 1.55. The van der Waals surface area contributed by atoms with Crippen LogP contribution < -0.4 is 10.6 Å². The highest BCUT2D eigenvalue weighted by Gasteiger charge is 2.16. The lowest BCUT2D eigenvalue weighted by Crippen LogP contribution is -2.30. The number of carbonyl (C=O) groups is 1. The maximum atomic E-state index is 12.2. The van der Waals surface area contributed by atoms with E-state index in [0.29, 0.717) is 19.8 Å². The number of carbonyl (C=O) groups excluding carboxylic acids is 1. The zero-order chi connectivity index (χ0) is 16.7. The van der Waals surface area contributed by atoms with Crippen LogP contribution >= 0.6 is 23.6 Å². The molecule has 0 saturated heterocycles. The van der Waals surface area contributed by atoms with Crippen LogP contribution in [-0.4, -0.2) is 15.6 Å². The van der Waals surface area contributed by atoms with Crippen molar-refractivity contribution in [1.82, 2.24) is 4.57 Å². The molecule has 1 N–H and O–H groups in total. The zero-order valence-corrected chi connectivity index (χ0v) is 14.7. The highest BCUT2D eigenvalue weighted by Crippen LogP contribution is 2.31. The largest absolute Gasteiger partial charge is 0.493 e. The van der Waals surface area contributed by atoms with E-state index in [9.17, 15) is 9.90 Å². The molecule has 0 radical (unpaired) electrons. The summed E-state index contributed by atoms with van der Waals surface area (Å²) in [6, 6.07) is 5.82. The number of rotatable bonds is 2. The third-order valence-corrected chi connectivity index (χ3v) is 4.95. The van der Waals surface area contributed by atoms with Crippen molar-refractivity contribution in [2.75, 3.05) is 0 Å². The lowest BCUT2D eigenvalue weighted by Gasteiger charge is -2.08. The summed E-state index contributed by atoms with van der Waals surface area (Å²) in [5, 5.41) is 11.9. The van der Waals surface area contributed by atoms with Crippen molar-refractivity contribution in [3.05, 3.63) is 48.7 Å². The Morgan fingerprint density at radius 1 is 1.39 bits per heavy atom. The maximum absolute atomic E-state index is 12.2. The first-order valence-electron chi connectivity index (χ1n) is 7.24. The number of aromatic hydroxyl groups is 1. The van der Waals surface area contributed by atoms with Crippen LogP contribution in [0.1, 0.15) is 30.3 Å². The summed E-state index contributed by atoms with van der Waals surface area (Å²) in [5.74, 6) is -0.213. The quantitative estimate of drug-likeness (QED) is 0.673. The SMILES string of the molecule is Cc1ccc2c(c1)=C/C(=C/c1sc(=S)n(C(C)C)c1O)C(=O)N=2. The molecule has 1 aromatic carbocycles. The van der Waals surface area contributed by atoms with E-state index in [-0.39, 0.29) is 17.8 Å². The number of aryl methyl sites for hydroxylation is 1. The number of nitrogens with zero attached hydrogens (tertiary/aromatic N) is 2. The molecule has 4 nitrogen and oxygen atoms in total. The van der Waals surface area contributed by atoms with Crippen molar-refractivity contribution in [3.8, 4) is 5.88 Å².